The summed E-state index contributed by atoms with van der Waals surface area (Å²) in [5, 5.41) is -0.257. The van der Waals surface area contributed by atoms with Crippen LogP contribution in [0.3, 0.4) is 0 Å². The Morgan fingerprint density at radius 2 is 1.81 bits per heavy atom. The molecule has 0 aliphatic rings. The van der Waals surface area contributed by atoms with Gasteiger partial charge in [-0.25, -0.2) is 13.2 Å². The van der Waals surface area contributed by atoms with Crippen LogP contribution in [0.5, 0.6) is 0 Å². The Labute approximate surface area is 120 Å². The molecule has 0 bridgehead atoms. The number of imidazole rings is 1. The molecule has 116 valence electrons. The highest BCUT2D eigenvalue weighted by Gasteiger charge is 2.24. The summed E-state index contributed by atoms with van der Waals surface area (Å²) in [7, 11) is 0.579. The van der Waals surface area contributed by atoms with Crippen LogP contribution in [0.15, 0.2) is 14.7 Å². The largest absolute Gasteiger partial charge is 0.383 e. The van der Waals surface area contributed by atoms with Crippen LogP contribution in [-0.4, -0.2) is 47.1 Å². The van der Waals surface area contributed by atoms with Crippen LogP contribution in [0.25, 0.3) is 11.2 Å². The lowest BCUT2D eigenvalue weighted by Crippen LogP contribution is -2.37. The van der Waals surface area contributed by atoms with E-state index < -0.39 is 21.1 Å². The van der Waals surface area contributed by atoms with Crippen molar-refractivity contribution in [3.63, 3.8) is 0 Å². The zero-order valence-corrected chi connectivity index (χ0v) is 13.0. The molecule has 0 spiro atoms. The second-order valence-electron chi connectivity index (χ2n) is 4.69. The molecule has 0 aliphatic carbocycles. The number of nitrogens with zero attached hydrogens (tertiary/aromatic N) is 4. The maximum absolute atomic E-state index is 12.3. The lowest BCUT2D eigenvalue weighted by atomic mass is 10.5. The van der Waals surface area contributed by atoms with Gasteiger partial charge in [-0.05, 0) is 0 Å². The molecule has 0 N–H and O–H groups in total. The quantitative estimate of drug-likeness (QED) is 0.678. The first kappa shape index (κ1) is 15.4. The maximum atomic E-state index is 12.3. The minimum atomic E-state index is -3.65. The van der Waals surface area contributed by atoms with Gasteiger partial charge in [0.2, 0.25) is 15.0 Å². The van der Waals surface area contributed by atoms with E-state index in [1.54, 1.807) is 0 Å². The molecule has 0 aromatic carbocycles. The van der Waals surface area contributed by atoms with Crippen LogP contribution in [-0.2, 0) is 35.2 Å². The van der Waals surface area contributed by atoms with Gasteiger partial charge in [-0.1, -0.05) is 0 Å². The van der Waals surface area contributed by atoms with Crippen LogP contribution < -0.4 is 11.2 Å². The van der Waals surface area contributed by atoms with Crippen molar-refractivity contribution < 1.29 is 13.2 Å². The number of sulfone groups is 1. The summed E-state index contributed by atoms with van der Waals surface area (Å²) < 4.78 is 32.0. The van der Waals surface area contributed by atoms with E-state index in [0.29, 0.717) is 0 Å². The molecular formula is C11H16N4O5S. The van der Waals surface area contributed by atoms with Crippen LogP contribution in [0.1, 0.15) is 0 Å². The van der Waals surface area contributed by atoms with E-state index in [4.69, 9.17) is 4.74 Å². The SMILES string of the molecule is COCCn1c(S(C)(=O)=O)nc2c1c(=O)n(C)c(=O)n2C. The zero-order valence-electron chi connectivity index (χ0n) is 12.2. The number of methoxy groups -OCH3 is 1. The lowest BCUT2D eigenvalue weighted by Gasteiger charge is -2.07. The van der Waals surface area contributed by atoms with Gasteiger partial charge < -0.3 is 9.30 Å². The molecule has 2 aromatic rings. The molecule has 0 unspecified atom stereocenters. The van der Waals surface area contributed by atoms with E-state index >= 15 is 0 Å². The van der Waals surface area contributed by atoms with Gasteiger partial charge in [0.1, 0.15) is 0 Å². The van der Waals surface area contributed by atoms with Gasteiger partial charge >= 0.3 is 5.69 Å². The Hall–Kier alpha value is -1.94. The number of rotatable bonds is 4. The number of hydrogen-bond acceptors (Lipinski definition) is 6. The van der Waals surface area contributed by atoms with Crippen molar-refractivity contribution in [3.05, 3.63) is 20.8 Å². The Kier molecular flexibility index (Phi) is 3.76. The van der Waals surface area contributed by atoms with E-state index in [1.807, 2.05) is 0 Å². The van der Waals surface area contributed by atoms with Gasteiger partial charge in [0.05, 0.1) is 6.61 Å². The summed E-state index contributed by atoms with van der Waals surface area (Å²) in [6, 6.07) is 0. The molecule has 0 radical (unpaired) electrons. The third-order valence-corrected chi connectivity index (χ3v) is 4.14. The molecule has 2 heterocycles. The first-order chi connectivity index (χ1) is 9.70. The maximum Gasteiger partial charge on any atom is 0.332 e. The van der Waals surface area contributed by atoms with Crippen LogP contribution in [0.2, 0.25) is 0 Å². The van der Waals surface area contributed by atoms with E-state index in [-0.39, 0.29) is 29.5 Å². The third kappa shape index (κ3) is 2.40. The van der Waals surface area contributed by atoms with E-state index in [0.717, 1.165) is 15.4 Å². The molecule has 21 heavy (non-hydrogen) atoms. The van der Waals surface area contributed by atoms with Crippen molar-refractivity contribution in [1.29, 1.82) is 0 Å². The summed E-state index contributed by atoms with van der Waals surface area (Å²) >= 11 is 0. The highest BCUT2D eigenvalue weighted by atomic mass is 32.2. The molecule has 0 saturated heterocycles. The molecule has 10 heteroatoms. The smallest absolute Gasteiger partial charge is 0.332 e. The standard InChI is InChI=1S/C11H16N4O5S/c1-13-8-7(9(16)14(2)11(13)17)15(5-6-20-3)10(12-8)21(4,18)19/h5-6H2,1-4H3. The van der Waals surface area contributed by atoms with Gasteiger partial charge in [0.25, 0.3) is 5.56 Å². The van der Waals surface area contributed by atoms with Gasteiger partial charge in [-0.15, -0.1) is 0 Å². The van der Waals surface area contributed by atoms with Crippen LogP contribution in [0, 0.1) is 0 Å². The molecule has 0 aliphatic heterocycles. The number of aryl methyl sites for hydroxylation is 1. The molecule has 0 atom stereocenters. The van der Waals surface area contributed by atoms with Gasteiger partial charge in [0.15, 0.2) is 11.2 Å². The number of ether oxygens (including phenoxy) is 1. The minimum Gasteiger partial charge on any atom is -0.383 e. The van der Waals surface area contributed by atoms with E-state index in [1.165, 1.54) is 25.8 Å². The average Bonchev–Trinajstić information content (AvgIpc) is 2.80. The number of fused-ring (bicyclic) bond motifs is 1. The Morgan fingerprint density at radius 1 is 1.19 bits per heavy atom. The first-order valence-electron chi connectivity index (χ1n) is 6.05. The van der Waals surface area contributed by atoms with Crippen LogP contribution >= 0.6 is 0 Å². The zero-order chi connectivity index (χ0) is 15.9. The fourth-order valence-electron chi connectivity index (χ4n) is 2.10. The van der Waals surface area contributed by atoms with Crippen molar-refractivity contribution in [2.45, 2.75) is 11.7 Å². The highest BCUT2D eigenvalue weighted by molar-refractivity contribution is 7.90. The molecule has 2 rings (SSSR count). The van der Waals surface area contributed by atoms with Crippen molar-refractivity contribution >= 4 is 21.0 Å². The van der Waals surface area contributed by atoms with Crippen molar-refractivity contribution in [3.8, 4) is 0 Å². The topological polar surface area (TPSA) is 105 Å². The molecular weight excluding hydrogens is 300 g/mol. The number of hydrogen-bond donors (Lipinski definition) is 0. The summed E-state index contributed by atoms with van der Waals surface area (Å²) in [5.41, 5.74) is -1.05. The van der Waals surface area contributed by atoms with Crippen molar-refractivity contribution in [2.24, 2.45) is 14.1 Å². The van der Waals surface area contributed by atoms with Crippen molar-refractivity contribution in [1.82, 2.24) is 18.7 Å². The van der Waals surface area contributed by atoms with Gasteiger partial charge in [0, 0.05) is 34.0 Å². The predicted molar refractivity (Wildman–Crippen MR) is 75.2 cm³/mol. The van der Waals surface area contributed by atoms with Gasteiger partial charge in [-0.2, -0.15) is 4.98 Å². The second-order valence-corrected chi connectivity index (χ2v) is 6.60. The molecule has 0 fully saturated rings. The molecule has 9 nitrogen and oxygen atoms in total. The Morgan fingerprint density at radius 3 is 2.33 bits per heavy atom. The van der Waals surface area contributed by atoms with Crippen LogP contribution in [0.4, 0.5) is 0 Å². The van der Waals surface area contributed by atoms with E-state index in [9.17, 15) is 18.0 Å². The Balaban J connectivity index is 3.01. The first-order valence-corrected chi connectivity index (χ1v) is 7.94. The van der Waals surface area contributed by atoms with Crippen molar-refractivity contribution in [2.75, 3.05) is 20.0 Å². The predicted octanol–water partition coefficient (Wildman–Crippen LogP) is -1.52. The monoisotopic (exact) mass is 316 g/mol. The summed E-state index contributed by atoms with van der Waals surface area (Å²) in [5.74, 6) is 0. The Bertz CT molecular complexity index is 919. The summed E-state index contributed by atoms with van der Waals surface area (Å²) in [6.45, 7) is 0.350. The summed E-state index contributed by atoms with van der Waals surface area (Å²) in [6.07, 6.45) is 1.00. The lowest BCUT2D eigenvalue weighted by molar-refractivity contribution is 0.185. The highest BCUT2D eigenvalue weighted by Crippen LogP contribution is 2.15. The molecule has 0 amide bonds. The fourth-order valence-corrected chi connectivity index (χ4v) is 2.93. The normalized spacial score (nSPS) is 12.2. The second kappa shape index (κ2) is 5.11. The molecule has 0 saturated carbocycles. The van der Waals surface area contributed by atoms with Gasteiger partial charge in [-0.3, -0.25) is 13.9 Å². The van der Waals surface area contributed by atoms with E-state index in [2.05, 4.69) is 4.98 Å². The summed E-state index contributed by atoms with van der Waals surface area (Å²) in [4.78, 5) is 28.1. The third-order valence-electron chi connectivity index (χ3n) is 3.16. The average molecular weight is 316 g/mol. The minimum absolute atomic E-state index is 0.0413. The molecule has 2 aromatic heterocycles. The number of aromatic nitrogens is 4. The fraction of sp³-hybridized carbons (Fsp3) is 0.545.